The predicted octanol–water partition coefficient (Wildman–Crippen LogP) is 4.43. The second-order valence-corrected chi connectivity index (χ2v) is 8.61. The minimum atomic E-state index is -0.583. The molecule has 2 aromatic rings. The first-order chi connectivity index (χ1) is 14.2. The molecule has 0 fully saturated rings. The molecular formula is C24H31BrN2O3. The molecule has 0 aromatic heterocycles. The van der Waals surface area contributed by atoms with Crippen LogP contribution in [-0.4, -0.2) is 41.9 Å². The van der Waals surface area contributed by atoms with Gasteiger partial charge >= 0.3 is 0 Å². The molecule has 2 aromatic carbocycles. The van der Waals surface area contributed by atoms with Crippen LogP contribution in [0.5, 0.6) is 5.75 Å². The standard InChI is InChI=1S/C24H31BrN2O3/c1-16(2)26-24(29)19(5)27(12-11-20-9-7-6-8-10-20)22(28)15-30-21-13-17(3)23(25)18(4)14-21/h6-10,13-14,16,19H,11-12,15H2,1-5H3,(H,26,29). The van der Waals surface area contributed by atoms with Crippen molar-refractivity contribution in [2.45, 2.75) is 53.1 Å². The van der Waals surface area contributed by atoms with Crippen molar-refractivity contribution >= 4 is 27.7 Å². The van der Waals surface area contributed by atoms with E-state index in [0.29, 0.717) is 18.7 Å². The molecule has 162 valence electrons. The Morgan fingerprint density at radius 1 is 1.07 bits per heavy atom. The summed E-state index contributed by atoms with van der Waals surface area (Å²) >= 11 is 3.54. The third-order valence-electron chi connectivity index (χ3n) is 4.85. The highest BCUT2D eigenvalue weighted by atomic mass is 79.9. The molecule has 2 amide bonds. The van der Waals surface area contributed by atoms with Gasteiger partial charge in [-0.05, 0) is 69.9 Å². The Bertz CT molecular complexity index is 845. The molecule has 0 saturated heterocycles. The highest BCUT2D eigenvalue weighted by Gasteiger charge is 2.26. The van der Waals surface area contributed by atoms with Crippen LogP contribution < -0.4 is 10.1 Å². The molecule has 0 heterocycles. The van der Waals surface area contributed by atoms with Crippen LogP contribution in [0.3, 0.4) is 0 Å². The molecule has 0 aliphatic carbocycles. The van der Waals surface area contributed by atoms with Crippen molar-refractivity contribution in [2.24, 2.45) is 0 Å². The summed E-state index contributed by atoms with van der Waals surface area (Å²) in [5.74, 6) is 0.265. The number of amides is 2. The summed E-state index contributed by atoms with van der Waals surface area (Å²) < 4.78 is 6.82. The third-order valence-corrected chi connectivity index (χ3v) is 6.11. The molecule has 0 spiro atoms. The largest absolute Gasteiger partial charge is 0.484 e. The number of nitrogens with zero attached hydrogens (tertiary/aromatic N) is 1. The molecule has 0 bridgehead atoms. The molecular weight excluding hydrogens is 444 g/mol. The zero-order chi connectivity index (χ0) is 22.3. The lowest BCUT2D eigenvalue weighted by atomic mass is 10.1. The lowest BCUT2D eigenvalue weighted by molar-refractivity contribution is -0.141. The Kier molecular flexibility index (Phi) is 8.90. The van der Waals surface area contributed by atoms with Crippen molar-refractivity contribution < 1.29 is 14.3 Å². The van der Waals surface area contributed by atoms with Crippen molar-refractivity contribution in [1.82, 2.24) is 10.2 Å². The number of halogens is 1. The highest BCUT2D eigenvalue weighted by Crippen LogP contribution is 2.26. The molecule has 30 heavy (non-hydrogen) atoms. The lowest BCUT2D eigenvalue weighted by Crippen LogP contribution is -2.51. The molecule has 0 aliphatic rings. The molecule has 2 rings (SSSR count). The maximum atomic E-state index is 13.0. The van der Waals surface area contributed by atoms with E-state index < -0.39 is 6.04 Å². The zero-order valence-electron chi connectivity index (χ0n) is 18.4. The van der Waals surface area contributed by atoms with Crippen LogP contribution in [0.4, 0.5) is 0 Å². The Labute approximate surface area is 187 Å². The van der Waals surface area contributed by atoms with Gasteiger partial charge in [0.2, 0.25) is 5.91 Å². The summed E-state index contributed by atoms with van der Waals surface area (Å²) in [6.45, 7) is 9.86. The molecule has 1 N–H and O–H groups in total. The van der Waals surface area contributed by atoms with Crippen LogP contribution in [0.2, 0.25) is 0 Å². The van der Waals surface area contributed by atoms with Gasteiger partial charge in [0, 0.05) is 17.1 Å². The van der Waals surface area contributed by atoms with Crippen LogP contribution in [0.25, 0.3) is 0 Å². The number of rotatable bonds is 9. The molecule has 5 nitrogen and oxygen atoms in total. The van der Waals surface area contributed by atoms with Crippen LogP contribution in [0, 0.1) is 13.8 Å². The number of benzene rings is 2. The lowest BCUT2D eigenvalue weighted by Gasteiger charge is -2.29. The number of carbonyl (C=O) groups is 2. The van der Waals surface area contributed by atoms with E-state index in [1.165, 1.54) is 0 Å². The van der Waals surface area contributed by atoms with E-state index in [-0.39, 0.29) is 24.5 Å². The fourth-order valence-corrected chi connectivity index (χ4v) is 3.42. The predicted molar refractivity (Wildman–Crippen MR) is 124 cm³/mol. The Morgan fingerprint density at radius 3 is 2.23 bits per heavy atom. The van der Waals surface area contributed by atoms with E-state index in [4.69, 9.17) is 4.74 Å². The van der Waals surface area contributed by atoms with E-state index in [1.54, 1.807) is 11.8 Å². The number of hydrogen-bond donors (Lipinski definition) is 1. The van der Waals surface area contributed by atoms with Crippen LogP contribution in [0.15, 0.2) is 46.9 Å². The van der Waals surface area contributed by atoms with Gasteiger partial charge in [0.15, 0.2) is 6.61 Å². The van der Waals surface area contributed by atoms with Gasteiger partial charge in [-0.3, -0.25) is 9.59 Å². The number of carbonyl (C=O) groups excluding carboxylic acids is 2. The summed E-state index contributed by atoms with van der Waals surface area (Å²) in [4.78, 5) is 27.2. The van der Waals surface area contributed by atoms with Crippen LogP contribution in [-0.2, 0) is 16.0 Å². The van der Waals surface area contributed by atoms with Gasteiger partial charge in [0.05, 0.1) is 0 Å². The van der Waals surface area contributed by atoms with E-state index in [1.807, 2.05) is 70.2 Å². The fraction of sp³-hybridized carbons (Fsp3) is 0.417. The van der Waals surface area contributed by atoms with Gasteiger partial charge in [0.25, 0.3) is 5.91 Å². The van der Waals surface area contributed by atoms with Crippen molar-refractivity contribution in [1.29, 1.82) is 0 Å². The van der Waals surface area contributed by atoms with Crippen molar-refractivity contribution in [3.05, 3.63) is 63.6 Å². The summed E-state index contributed by atoms with van der Waals surface area (Å²) in [5, 5.41) is 2.89. The third kappa shape index (κ3) is 6.87. The van der Waals surface area contributed by atoms with Gasteiger partial charge in [-0.1, -0.05) is 46.3 Å². The molecule has 0 saturated carbocycles. The smallest absolute Gasteiger partial charge is 0.261 e. The average molecular weight is 475 g/mol. The maximum Gasteiger partial charge on any atom is 0.261 e. The molecule has 6 heteroatoms. The summed E-state index contributed by atoms with van der Waals surface area (Å²) in [7, 11) is 0. The number of hydrogen-bond acceptors (Lipinski definition) is 3. The summed E-state index contributed by atoms with van der Waals surface area (Å²) in [5.41, 5.74) is 3.21. The Hall–Kier alpha value is -2.34. The number of ether oxygens (including phenoxy) is 1. The monoisotopic (exact) mass is 474 g/mol. The minimum Gasteiger partial charge on any atom is -0.484 e. The topological polar surface area (TPSA) is 58.6 Å². The van der Waals surface area contributed by atoms with Gasteiger partial charge in [0.1, 0.15) is 11.8 Å². The van der Waals surface area contributed by atoms with Gasteiger partial charge < -0.3 is 15.0 Å². The first kappa shape index (κ1) is 23.9. The molecule has 0 aliphatic heterocycles. The molecule has 0 radical (unpaired) electrons. The highest BCUT2D eigenvalue weighted by molar-refractivity contribution is 9.10. The quantitative estimate of drug-likeness (QED) is 0.584. The SMILES string of the molecule is Cc1cc(OCC(=O)N(CCc2ccccc2)C(C)C(=O)NC(C)C)cc(C)c1Br. The summed E-state index contributed by atoms with van der Waals surface area (Å²) in [6, 6.07) is 13.2. The summed E-state index contributed by atoms with van der Waals surface area (Å²) in [6.07, 6.45) is 0.669. The zero-order valence-corrected chi connectivity index (χ0v) is 20.0. The van der Waals surface area contributed by atoms with Gasteiger partial charge in [-0.25, -0.2) is 0 Å². The van der Waals surface area contributed by atoms with E-state index in [9.17, 15) is 9.59 Å². The first-order valence-corrected chi connectivity index (χ1v) is 11.0. The second kappa shape index (κ2) is 11.2. The average Bonchev–Trinajstić information content (AvgIpc) is 2.70. The van der Waals surface area contributed by atoms with Crippen LogP contribution >= 0.6 is 15.9 Å². The second-order valence-electron chi connectivity index (χ2n) is 7.82. The minimum absolute atomic E-state index is 0.0102. The van der Waals surface area contributed by atoms with Crippen LogP contribution in [0.1, 0.15) is 37.5 Å². The van der Waals surface area contributed by atoms with Gasteiger partial charge in [-0.2, -0.15) is 0 Å². The molecule has 1 unspecified atom stereocenters. The maximum absolute atomic E-state index is 13.0. The Balaban J connectivity index is 2.11. The number of nitrogens with one attached hydrogen (secondary N) is 1. The molecule has 1 atom stereocenters. The van der Waals surface area contributed by atoms with E-state index >= 15 is 0 Å². The fourth-order valence-electron chi connectivity index (χ4n) is 3.19. The van der Waals surface area contributed by atoms with Crippen molar-refractivity contribution in [2.75, 3.05) is 13.2 Å². The normalized spacial score (nSPS) is 11.8. The van der Waals surface area contributed by atoms with Gasteiger partial charge in [-0.15, -0.1) is 0 Å². The van der Waals surface area contributed by atoms with E-state index in [0.717, 1.165) is 21.2 Å². The Morgan fingerprint density at radius 2 is 1.67 bits per heavy atom. The number of aryl methyl sites for hydroxylation is 2. The van der Waals surface area contributed by atoms with Crippen molar-refractivity contribution in [3.8, 4) is 5.75 Å². The van der Waals surface area contributed by atoms with Crippen molar-refractivity contribution in [3.63, 3.8) is 0 Å². The first-order valence-electron chi connectivity index (χ1n) is 10.2. The van der Waals surface area contributed by atoms with E-state index in [2.05, 4.69) is 21.2 Å².